The van der Waals surface area contributed by atoms with Gasteiger partial charge in [-0.2, -0.15) is 0 Å². The van der Waals surface area contributed by atoms with Gasteiger partial charge in [-0.05, 0) is 24.6 Å². The zero-order valence-electron chi connectivity index (χ0n) is 10.4. The molecule has 0 aliphatic rings. The quantitative estimate of drug-likeness (QED) is 0.614. The molecule has 0 saturated heterocycles. The Balaban J connectivity index is 1.97. The monoisotopic (exact) mass is 232 g/mol. The Hall–Kier alpha value is -1.48. The van der Waals surface area contributed by atoms with Gasteiger partial charge in [-0.25, -0.2) is 0 Å². The van der Waals surface area contributed by atoms with Gasteiger partial charge in [0.1, 0.15) is 0 Å². The lowest BCUT2D eigenvalue weighted by Crippen LogP contribution is -2.05. The molecule has 0 aliphatic heterocycles. The molecule has 2 rings (SSSR count). The van der Waals surface area contributed by atoms with Gasteiger partial charge in [-0.3, -0.25) is 0 Å². The number of aromatic nitrogens is 1. The molecule has 0 fully saturated rings. The number of hydrogen-bond donors (Lipinski definition) is 1. The maximum absolute atomic E-state index is 5.92. The predicted octanol–water partition coefficient (Wildman–Crippen LogP) is 3.04. The molecule has 0 unspecified atom stereocenters. The summed E-state index contributed by atoms with van der Waals surface area (Å²) >= 11 is 0. The van der Waals surface area contributed by atoms with Gasteiger partial charge in [-0.15, -0.1) is 0 Å². The molecule has 92 valence electrons. The zero-order valence-corrected chi connectivity index (χ0v) is 10.4. The summed E-state index contributed by atoms with van der Waals surface area (Å²) in [6, 6.07) is 8.09. The number of fused-ring (bicyclic) bond motifs is 1. The molecule has 0 atom stereocenters. The van der Waals surface area contributed by atoms with Gasteiger partial charge in [0.05, 0.1) is 12.1 Å². The summed E-state index contributed by atoms with van der Waals surface area (Å²) in [6.07, 6.45) is 4.40. The van der Waals surface area contributed by atoms with Crippen molar-refractivity contribution >= 4 is 16.6 Å². The van der Waals surface area contributed by atoms with Crippen LogP contribution in [0.2, 0.25) is 0 Å². The minimum absolute atomic E-state index is 0.762. The summed E-state index contributed by atoms with van der Waals surface area (Å²) in [4.78, 5) is 0. The van der Waals surface area contributed by atoms with Crippen LogP contribution in [0.25, 0.3) is 10.9 Å². The van der Waals surface area contributed by atoms with E-state index in [0.29, 0.717) is 0 Å². The second-order valence-corrected chi connectivity index (χ2v) is 4.26. The first-order valence-electron chi connectivity index (χ1n) is 6.24. The summed E-state index contributed by atoms with van der Waals surface area (Å²) in [6.45, 7) is 4.68. The van der Waals surface area contributed by atoms with Crippen LogP contribution < -0.4 is 5.73 Å². The Bertz CT molecular complexity index is 476. The van der Waals surface area contributed by atoms with E-state index < -0.39 is 0 Å². The Morgan fingerprint density at radius 1 is 1.24 bits per heavy atom. The van der Waals surface area contributed by atoms with E-state index in [1.165, 1.54) is 11.9 Å². The first kappa shape index (κ1) is 12.0. The van der Waals surface area contributed by atoms with Crippen molar-refractivity contribution in [3.05, 3.63) is 30.5 Å². The standard InChI is InChI=1S/C14H20N2O/c1-2-3-10-17-11-9-16-8-7-12-13(15)5-4-6-14(12)16/h4-8H,2-3,9-11,15H2,1H3. The molecule has 1 aromatic carbocycles. The highest BCUT2D eigenvalue weighted by Crippen LogP contribution is 2.21. The molecule has 3 heteroatoms. The van der Waals surface area contributed by atoms with Crippen LogP contribution >= 0.6 is 0 Å². The highest BCUT2D eigenvalue weighted by atomic mass is 16.5. The number of hydrogen-bond acceptors (Lipinski definition) is 2. The fraction of sp³-hybridized carbons (Fsp3) is 0.429. The Labute approximate surface area is 102 Å². The van der Waals surface area contributed by atoms with E-state index in [1.807, 2.05) is 12.1 Å². The van der Waals surface area contributed by atoms with E-state index in [-0.39, 0.29) is 0 Å². The Morgan fingerprint density at radius 2 is 2.12 bits per heavy atom. The number of unbranched alkanes of at least 4 members (excludes halogenated alkanes) is 1. The third kappa shape index (κ3) is 2.80. The third-order valence-corrected chi connectivity index (χ3v) is 2.97. The number of nitrogens with zero attached hydrogens (tertiary/aromatic N) is 1. The highest BCUT2D eigenvalue weighted by molar-refractivity contribution is 5.91. The van der Waals surface area contributed by atoms with Crippen molar-refractivity contribution in [3.8, 4) is 0 Å². The van der Waals surface area contributed by atoms with Gasteiger partial charge in [0.2, 0.25) is 0 Å². The lowest BCUT2D eigenvalue weighted by atomic mass is 10.2. The number of ether oxygens (including phenoxy) is 1. The smallest absolute Gasteiger partial charge is 0.0645 e. The maximum Gasteiger partial charge on any atom is 0.0645 e. The first-order valence-corrected chi connectivity index (χ1v) is 6.24. The number of rotatable bonds is 6. The van der Waals surface area contributed by atoms with Gasteiger partial charge in [0.25, 0.3) is 0 Å². The number of benzene rings is 1. The summed E-state index contributed by atoms with van der Waals surface area (Å²) < 4.78 is 7.77. The van der Waals surface area contributed by atoms with E-state index in [0.717, 1.165) is 37.3 Å². The van der Waals surface area contributed by atoms with Crippen LogP contribution in [0.1, 0.15) is 19.8 Å². The summed E-state index contributed by atoms with van der Waals surface area (Å²) in [5.41, 5.74) is 7.94. The van der Waals surface area contributed by atoms with Crippen molar-refractivity contribution in [2.75, 3.05) is 18.9 Å². The SMILES string of the molecule is CCCCOCCn1ccc2c(N)cccc21. The maximum atomic E-state index is 5.92. The van der Waals surface area contributed by atoms with Crippen molar-refractivity contribution in [3.63, 3.8) is 0 Å². The van der Waals surface area contributed by atoms with Gasteiger partial charge >= 0.3 is 0 Å². The molecule has 0 bridgehead atoms. The molecule has 0 amide bonds. The van der Waals surface area contributed by atoms with Crippen molar-refractivity contribution in [2.45, 2.75) is 26.3 Å². The molecule has 2 aromatic rings. The van der Waals surface area contributed by atoms with E-state index >= 15 is 0 Å². The summed E-state index contributed by atoms with van der Waals surface area (Å²) in [7, 11) is 0. The second kappa shape index (κ2) is 5.73. The molecular weight excluding hydrogens is 212 g/mol. The zero-order chi connectivity index (χ0) is 12.1. The van der Waals surface area contributed by atoms with Crippen LogP contribution in [0.5, 0.6) is 0 Å². The van der Waals surface area contributed by atoms with Crippen LogP contribution in [-0.4, -0.2) is 17.8 Å². The van der Waals surface area contributed by atoms with Gasteiger partial charge in [0, 0.05) is 30.4 Å². The fourth-order valence-electron chi connectivity index (χ4n) is 1.95. The number of anilines is 1. The van der Waals surface area contributed by atoms with Gasteiger partial charge in [-0.1, -0.05) is 19.4 Å². The van der Waals surface area contributed by atoms with E-state index in [2.05, 4.69) is 29.8 Å². The lowest BCUT2D eigenvalue weighted by molar-refractivity contribution is 0.124. The third-order valence-electron chi connectivity index (χ3n) is 2.97. The average molecular weight is 232 g/mol. The molecule has 1 heterocycles. The number of nitrogen functional groups attached to an aromatic ring is 1. The second-order valence-electron chi connectivity index (χ2n) is 4.26. The molecule has 17 heavy (non-hydrogen) atoms. The minimum atomic E-state index is 0.762. The Morgan fingerprint density at radius 3 is 2.94 bits per heavy atom. The van der Waals surface area contributed by atoms with Crippen LogP contribution in [0.3, 0.4) is 0 Å². The van der Waals surface area contributed by atoms with E-state index in [1.54, 1.807) is 0 Å². The molecule has 0 saturated carbocycles. The van der Waals surface area contributed by atoms with Crippen LogP contribution in [0, 0.1) is 0 Å². The van der Waals surface area contributed by atoms with E-state index in [9.17, 15) is 0 Å². The average Bonchev–Trinajstić information content (AvgIpc) is 2.74. The largest absolute Gasteiger partial charge is 0.398 e. The normalized spacial score (nSPS) is 11.1. The molecule has 0 aliphatic carbocycles. The highest BCUT2D eigenvalue weighted by Gasteiger charge is 2.02. The Kier molecular flexibility index (Phi) is 4.04. The first-order chi connectivity index (χ1) is 8.33. The van der Waals surface area contributed by atoms with Crippen molar-refractivity contribution in [1.82, 2.24) is 4.57 Å². The minimum Gasteiger partial charge on any atom is -0.398 e. The van der Waals surface area contributed by atoms with Crippen LogP contribution in [-0.2, 0) is 11.3 Å². The van der Waals surface area contributed by atoms with Crippen LogP contribution in [0.15, 0.2) is 30.5 Å². The molecular formula is C14H20N2O. The van der Waals surface area contributed by atoms with Gasteiger partial charge < -0.3 is 15.0 Å². The molecule has 1 aromatic heterocycles. The topological polar surface area (TPSA) is 40.2 Å². The van der Waals surface area contributed by atoms with Crippen molar-refractivity contribution in [1.29, 1.82) is 0 Å². The fourth-order valence-corrected chi connectivity index (χ4v) is 1.95. The lowest BCUT2D eigenvalue weighted by Gasteiger charge is -2.06. The van der Waals surface area contributed by atoms with Crippen LogP contribution in [0.4, 0.5) is 5.69 Å². The summed E-state index contributed by atoms with van der Waals surface area (Å²) in [5, 5.41) is 1.13. The molecule has 2 N–H and O–H groups in total. The van der Waals surface area contributed by atoms with Crippen molar-refractivity contribution in [2.24, 2.45) is 0 Å². The summed E-state index contributed by atoms with van der Waals surface area (Å²) in [5.74, 6) is 0. The van der Waals surface area contributed by atoms with Gasteiger partial charge in [0.15, 0.2) is 0 Å². The van der Waals surface area contributed by atoms with E-state index in [4.69, 9.17) is 10.5 Å². The predicted molar refractivity (Wildman–Crippen MR) is 72.1 cm³/mol. The molecule has 0 radical (unpaired) electrons. The van der Waals surface area contributed by atoms with Crippen molar-refractivity contribution < 1.29 is 4.74 Å². The molecule has 0 spiro atoms. The number of nitrogens with two attached hydrogens (primary N) is 1. The molecule has 3 nitrogen and oxygen atoms in total.